The smallest absolute Gasteiger partial charge is 0.263 e. The number of hydrogen-bond acceptors (Lipinski definition) is 4. The van der Waals surface area contributed by atoms with Gasteiger partial charge in [-0.05, 0) is 60.5 Å². The van der Waals surface area contributed by atoms with Crippen LogP contribution >= 0.6 is 11.3 Å². The Morgan fingerprint density at radius 1 is 1.10 bits per heavy atom. The Morgan fingerprint density at radius 2 is 2.03 bits per heavy atom. The van der Waals surface area contributed by atoms with Gasteiger partial charge in [-0.15, -0.1) is 11.3 Å². The third-order valence-corrected chi connectivity index (χ3v) is 5.80. The van der Waals surface area contributed by atoms with Crippen molar-refractivity contribution >= 4 is 28.8 Å². The van der Waals surface area contributed by atoms with E-state index in [1.54, 1.807) is 11.1 Å². The third-order valence-electron chi connectivity index (χ3n) is 4.94. The second-order valence-electron chi connectivity index (χ2n) is 7.10. The maximum absolute atomic E-state index is 12.8. The minimum Gasteiger partial charge on any atom is -0.337 e. The average molecular weight is 416 g/mol. The summed E-state index contributed by atoms with van der Waals surface area (Å²) in [5.41, 5.74) is 2.20. The van der Waals surface area contributed by atoms with E-state index in [-0.39, 0.29) is 17.7 Å². The van der Waals surface area contributed by atoms with Gasteiger partial charge >= 0.3 is 0 Å². The predicted molar refractivity (Wildman–Crippen MR) is 118 cm³/mol. The molecule has 3 aromatic rings. The fraction of sp³-hybridized carbons (Fsp3) is 0.208. The standard InChI is InChI=1S/C24H21N3O2S/c28-23(19-7-4-14-27(17-19)24(29)22-10-5-15-30-22)26-21-9-3-6-18(16-21)11-12-20-8-1-2-13-25-20/h1-3,5-6,8-10,13,15-16,19H,4,7,14,17H2,(H,26,28)/t19-/m1/s1. The Hall–Kier alpha value is -3.43. The molecule has 1 fully saturated rings. The first-order chi connectivity index (χ1) is 14.7. The zero-order valence-corrected chi connectivity index (χ0v) is 17.2. The number of pyridine rings is 1. The van der Waals surface area contributed by atoms with Crippen LogP contribution in [0.3, 0.4) is 0 Å². The first-order valence-corrected chi connectivity index (χ1v) is 10.7. The second-order valence-corrected chi connectivity index (χ2v) is 8.05. The molecule has 1 aliphatic rings. The first-order valence-electron chi connectivity index (χ1n) is 9.86. The van der Waals surface area contributed by atoms with Crippen LogP contribution in [0.2, 0.25) is 0 Å². The molecule has 0 saturated carbocycles. The molecule has 1 atom stereocenters. The van der Waals surface area contributed by atoms with E-state index >= 15 is 0 Å². The number of benzene rings is 1. The average Bonchev–Trinajstić information content (AvgIpc) is 3.33. The van der Waals surface area contributed by atoms with Gasteiger partial charge in [0.25, 0.3) is 5.91 Å². The number of nitrogens with one attached hydrogen (secondary N) is 1. The molecular weight excluding hydrogens is 394 g/mol. The lowest BCUT2D eigenvalue weighted by molar-refractivity contribution is -0.121. The number of aromatic nitrogens is 1. The molecule has 1 N–H and O–H groups in total. The zero-order chi connectivity index (χ0) is 20.8. The van der Waals surface area contributed by atoms with E-state index in [0.29, 0.717) is 24.5 Å². The quantitative estimate of drug-likeness (QED) is 0.657. The number of rotatable bonds is 3. The van der Waals surface area contributed by atoms with Crippen molar-refractivity contribution in [2.45, 2.75) is 12.8 Å². The van der Waals surface area contributed by atoms with E-state index in [9.17, 15) is 9.59 Å². The summed E-state index contributed by atoms with van der Waals surface area (Å²) in [5, 5.41) is 4.88. The summed E-state index contributed by atoms with van der Waals surface area (Å²) in [6, 6.07) is 16.8. The van der Waals surface area contributed by atoms with E-state index in [0.717, 1.165) is 23.3 Å². The van der Waals surface area contributed by atoms with Crippen LogP contribution in [0.25, 0.3) is 0 Å². The van der Waals surface area contributed by atoms with Crippen LogP contribution < -0.4 is 5.32 Å². The molecule has 1 saturated heterocycles. The minimum absolute atomic E-state index is 0.00860. The van der Waals surface area contributed by atoms with E-state index in [1.807, 2.05) is 60.0 Å². The van der Waals surface area contributed by atoms with Crippen LogP contribution in [0.5, 0.6) is 0 Å². The fourth-order valence-corrected chi connectivity index (χ4v) is 4.11. The number of nitrogens with zero attached hydrogens (tertiary/aromatic N) is 2. The molecule has 6 heteroatoms. The maximum Gasteiger partial charge on any atom is 0.263 e. The highest BCUT2D eigenvalue weighted by Gasteiger charge is 2.29. The van der Waals surface area contributed by atoms with E-state index in [2.05, 4.69) is 22.1 Å². The van der Waals surface area contributed by atoms with E-state index in [4.69, 9.17) is 0 Å². The maximum atomic E-state index is 12.8. The van der Waals surface area contributed by atoms with Gasteiger partial charge < -0.3 is 10.2 Å². The fourth-order valence-electron chi connectivity index (χ4n) is 3.42. The van der Waals surface area contributed by atoms with Crippen molar-refractivity contribution < 1.29 is 9.59 Å². The van der Waals surface area contributed by atoms with Gasteiger partial charge in [-0.3, -0.25) is 9.59 Å². The van der Waals surface area contributed by atoms with Crippen LogP contribution in [-0.4, -0.2) is 34.8 Å². The van der Waals surface area contributed by atoms with Crippen molar-refractivity contribution in [1.82, 2.24) is 9.88 Å². The van der Waals surface area contributed by atoms with Crippen molar-refractivity contribution in [3.05, 3.63) is 82.3 Å². The monoisotopic (exact) mass is 415 g/mol. The third kappa shape index (κ3) is 4.94. The Balaban J connectivity index is 1.40. The Kier molecular flexibility index (Phi) is 6.21. The summed E-state index contributed by atoms with van der Waals surface area (Å²) in [5.74, 6) is 5.83. The van der Waals surface area contributed by atoms with Gasteiger partial charge in [0.2, 0.25) is 5.91 Å². The van der Waals surface area contributed by atoms with Crippen LogP contribution in [0.1, 0.15) is 33.8 Å². The molecule has 30 heavy (non-hydrogen) atoms. The summed E-state index contributed by atoms with van der Waals surface area (Å²) in [7, 11) is 0. The molecule has 2 aromatic heterocycles. The lowest BCUT2D eigenvalue weighted by Crippen LogP contribution is -2.43. The van der Waals surface area contributed by atoms with Crippen molar-refractivity contribution in [3.63, 3.8) is 0 Å². The number of anilines is 1. The molecule has 2 amide bonds. The number of amides is 2. The summed E-state index contributed by atoms with van der Waals surface area (Å²) >= 11 is 1.43. The van der Waals surface area contributed by atoms with Crippen LogP contribution in [-0.2, 0) is 4.79 Å². The number of piperidine rings is 1. The topological polar surface area (TPSA) is 62.3 Å². The molecule has 1 aromatic carbocycles. The van der Waals surface area contributed by atoms with Gasteiger partial charge in [0.1, 0.15) is 5.69 Å². The molecule has 1 aliphatic heterocycles. The van der Waals surface area contributed by atoms with Crippen molar-refractivity contribution in [3.8, 4) is 11.8 Å². The van der Waals surface area contributed by atoms with E-state index in [1.165, 1.54) is 11.3 Å². The largest absolute Gasteiger partial charge is 0.337 e. The Morgan fingerprint density at radius 3 is 2.83 bits per heavy atom. The molecular formula is C24H21N3O2S. The van der Waals surface area contributed by atoms with Gasteiger partial charge in [-0.1, -0.05) is 24.1 Å². The summed E-state index contributed by atoms with van der Waals surface area (Å²) < 4.78 is 0. The van der Waals surface area contributed by atoms with Crippen molar-refractivity contribution in [2.75, 3.05) is 18.4 Å². The second kappa shape index (κ2) is 9.38. The first kappa shape index (κ1) is 19.9. The van der Waals surface area contributed by atoms with Crippen molar-refractivity contribution in [2.24, 2.45) is 5.92 Å². The van der Waals surface area contributed by atoms with Gasteiger partial charge in [-0.2, -0.15) is 0 Å². The molecule has 0 radical (unpaired) electrons. The molecule has 4 rings (SSSR count). The number of likely N-dealkylation sites (tertiary alicyclic amines) is 1. The molecule has 5 nitrogen and oxygen atoms in total. The van der Waals surface area contributed by atoms with Crippen molar-refractivity contribution in [1.29, 1.82) is 0 Å². The zero-order valence-electron chi connectivity index (χ0n) is 16.4. The van der Waals surface area contributed by atoms with Gasteiger partial charge in [-0.25, -0.2) is 4.98 Å². The van der Waals surface area contributed by atoms with Crippen LogP contribution in [0, 0.1) is 17.8 Å². The summed E-state index contributed by atoms with van der Waals surface area (Å²) in [6.45, 7) is 1.14. The lowest BCUT2D eigenvalue weighted by Gasteiger charge is -2.31. The molecule has 0 spiro atoms. The van der Waals surface area contributed by atoms with Gasteiger partial charge in [0.05, 0.1) is 10.8 Å². The van der Waals surface area contributed by atoms with E-state index < -0.39 is 0 Å². The Bertz CT molecular complexity index is 1080. The molecule has 0 aliphatic carbocycles. The Labute approximate surface area is 179 Å². The lowest BCUT2D eigenvalue weighted by atomic mass is 9.96. The number of carbonyl (C=O) groups is 2. The normalized spacial score (nSPS) is 15.7. The SMILES string of the molecule is O=C(Nc1cccc(C#Cc2ccccn2)c1)[C@@H]1CCCN(C(=O)c2cccs2)C1. The summed E-state index contributed by atoms with van der Waals surface area (Å²) in [6.07, 6.45) is 3.31. The van der Waals surface area contributed by atoms with Gasteiger partial charge in [0, 0.05) is 30.5 Å². The minimum atomic E-state index is -0.217. The molecule has 0 bridgehead atoms. The number of carbonyl (C=O) groups excluding carboxylic acids is 2. The van der Waals surface area contributed by atoms with Crippen LogP contribution in [0.15, 0.2) is 66.2 Å². The number of hydrogen-bond donors (Lipinski definition) is 1. The van der Waals surface area contributed by atoms with Crippen LogP contribution in [0.4, 0.5) is 5.69 Å². The van der Waals surface area contributed by atoms with Gasteiger partial charge in [0.15, 0.2) is 0 Å². The number of thiophene rings is 1. The highest BCUT2D eigenvalue weighted by molar-refractivity contribution is 7.12. The summed E-state index contributed by atoms with van der Waals surface area (Å²) in [4.78, 5) is 32.1. The highest BCUT2D eigenvalue weighted by Crippen LogP contribution is 2.22. The predicted octanol–water partition coefficient (Wildman–Crippen LogP) is 4.03. The molecule has 3 heterocycles. The highest BCUT2D eigenvalue weighted by atomic mass is 32.1. The molecule has 0 unspecified atom stereocenters. The molecule has 150 valence electrons.